The van der Waals surface area contributed by atoms with Gasteiger partial charge < -0.3 is 14.5 Å². The van der Waals surface area contributed by atoms with Crippen LogP contribution in [0.3, 0.4) is 0 Å². The summed E-state index contributed by atoms with van der Waals surface area (Å²) in [5, 5.41) is 0.941. The summed E-state index contributed by atoms with van der Waals surface area (Å²) in [5.41, 5.74) is 0.474. The topological polar surface area (TPSA) is 32.8 Å². The summed E-state index contributed by atoms with van der Waals surface area (Å²) < 4.78 is 18.4. The van der Waals surface area contributed by atoms with Gasteiger partial charge in [-0.2, -0.15) is 0 Å². The number of halogens is 2. The molecular formula is C15H20BrFN2O2. The van der Waals surface area contributed by atoms with E-state index < -0.39 is 5.82 Å². The van der Waals surface area contributed by atoms with Gasteiger partial charge in [0.1, 0.15) is 0 Å². The van der Waals surface area contributed by atoms with Crippen molar-refractivity contribution in [3.8, 4) is 5.75 Å². The van der Waals surface area contributed by atoms with Gasteiger partial charge in [0.25, 0.3) is 5.91 Å². The molecule has 2 rings (SSSR count). The van der Waals surface area contributed by atoms with Crippen molar-refractivity contribution in [3.63, 3.8) is 0 Å². The molecule has 0 radical (unpaired) electrons. The van der Waals surface area contributed by atoms with E-state index in [1.165, 1.54) is 25.3 Å². The van der Waals surface area contributed by atoms with Crippen LogP contribution in [0.2, 0.25) is 0 Å². The second-order valence-electron chi connectivity index (χ2n) is 5.03. The van der Waals surface area contributed by atoms with Crippen molar-refractivity contribution in [2.45, 2.75) is 6.42 Å². The minimum absolute atomic E-state index is 0.0611. The molecular weight excluding hydrogens is 339 g/mol. The van der Waals surface area contributed by atoms with Crippen LogP contribution in [0.5, 0.6) is 5.75 Å². The van der Waals surface area contributed by atoms with Gasteiger partial charge >= 0.3 is 0 Å². The van der Waals surface area contributed by atoms with Gasteiger partial charge in [0, 0.05) is 37.1 Å². The van der Waals surface area contributed by atoms with E-state index in [1.54, 1.807) is 0 Å². The molecule has 0 N–H and O–H groups in total. The molecule has 1 aliphatic rings. The number of rotatable bonds is 4. The number of benzene rings is 1. The number of hydrogen-bond donors (Lipinski definition) is 0. The fourth-order valence-electron chi connectivity index (χ4n) is 2.49. The summed E-state index contributed by atoms with van der Waals surface area (Å²) in [4.78, 5) is 16.7. The third kappa shape index (κ3) is 4.17. The number of carbonyl (C=O) groups excluding carboxylic acids is 1. The molecule has 0 atom stereocenters. The van der Waals surface area contributed by atoms with E-state index >= 15 is 0 Å². The lowest BCUT2D eigenvalue weighted by atomic mass is 10.1. The van der Waals surface area contributed by atoms with Crippen molar-refractivity contribution in [2.75, 3.05) is 45.2 Å². The zero-order chi connectivity index (χ0) is 15.2. The third-order valence-corrected chi connectivity index (χ3v) is 4.03. The van der Waals surface area contributed by atoms with Gasteiger partial charge in [-0.25, -0.2) is 4.39 Å². The minimum Gasteiger partial charge on any atom is -0.494 e. The SMILES string of the molecule is COc1cc(C(=O)N2CCCN(CCBr)CC2)ccc1F. The first-order valence-electron chi connectivity index (χ1n) is 7.07. The van der Waals surface area contributed by atoms with E-state index in [2.05, 4.69) is 20.8 Å². The monoisotopic (exact) mass is 358 g/mol. The second-order valence-corrected chi connectivity index (χ2v) is 5.82. The maximum Gasteiger partial charge on any atom is 0.254 e. The molecule has 1 fully saturated rings. The highest BCUT2D eigenvalue weighted by Crippen LogP contribution is 2.20. The first-order valence-corrected chi connectivity index (χ1v) is 8.19. The molecule has 1 heterocycles. The van der Waals surface area contributed by atoms with Crippen LogP contribution >= 0.6 is 15.9 Å². The molecule has 1 aromatic carbocycles. The summed E-state index contributed by atoms with van der Waals surface area (Å²) in [7, 11) is 1.40. The Bertz CT molecular complexity index is 499. The van der Waals surface area contributed by atoms with Crippen LogP contribution in [0.15, 0.2) is 18.2 Å². The third-order valence-electron chi connectivity index (χ3n) is 3.67. The zero-order valence-electron chi connectivity index (χ0n) is 12.1. The highest BCUT2D eigenvalue weighted by Gasteiger charge is 2.21. The summed E-state index contributed by atoms with van der Waals surface area (Å²) in [6.07, 6.45) is 0.955. The van der Waals surface area contributed by atoms with Crippen molar-refractivity contribution in [1.29, 1.82) is 0 Å². The van der Waals surface area contributed by atoms with Crippen LogP contribution in [-0.2, 0) is 0 Å². The molecule has 0 aromatic heterocycles. The lowest BCUT2D eigenvalue weighted by Gasteiger charge is -2.21. The predicted molar refractivity (Wildman–Crippen MR) is 83.7 cm³/mol. The molecule has 4 nitrogen and oxygen atoms in total. The molecule has 0 unspecified atom stereocenters. The maximum absolute atomic E-state index is 13.4. The molecule has 1 amide bonds. The Hall–Kier alpha value is -1.14. The second kappa shape index (κ2) is 7.75. The fraction of sp³-hybridized carbons (Fsp3) is 0.533. The van der Waals surface area contributed by atoms with Crippen LogP contribution in [-0.4, -0.2) is 60.9 Å². The lowest BCUT2D eigenvalue weighted by Crippen LogP contribution is -2.35. The number of hydrogen-bond acceptors (Lipinski definition) is 3. The Balaban J connectivity index is 2.06. The Morgan fingerprint density at radius 3 is 2.86 bits per heavy atom. The summed E-state index contributed by atoms with van der Waals surface area (Å²) >= 11 is 3.44. The Kier molecular flexibility index (Phi) is 5.99. The molecule has 1 saturated heterocycles. The molecule has 116 valence electrons. The van der Waals surface area contributed by atoms with Gasteiger partial charge in [-0.3, -0.25) is 4.79 Å². The summed E-state index contributed by atoms with van der Waals surface area (Å²) in [5.74, 6) is -0.404. The molecule has 0 bridgehead atoms. The van der Waals surface area contributed by atoms with E-state index in [-0.39, 0.29) is 11.7 Å². The number of nitrogens with zero attached hydrogens (tertiary/aromatic N) is 2. The van der Waals surface area contributed by atoms with Crippen LogP contribution in [0.4, 0.5) is 4.39 Å². The predicted octanol–water partition coefficient (Wildman–Crippen LogP) is 2.38. The highest BCUT2D eigenvalue weighted by atomic mass is 79.9. The number of amides is 1. The van der Waals surface area contributed by atoms with E-state index in [1.807, 2.05) is 4.90 Å². The average molecular weight is 359 g/mol. The van der Waals surface area contributed by atoms with E-state index in [0.29, 0.717) is 12.1 Å². The number of carbonyl (C=O) groups is 1. The van der Waals surface area contributed by atoms with Crippen molar-refractivity contribution in [1.82, 2.24) is 9.80 Å². The molecule has 6 heteroatoms. The standard InChI is InChI=1S/C15H20BrFN2O2/c1-21-14-11-12(3-4-13(14)17)15(20)19-7-2-6-18(8-5-16)9-10-19/h3-4,11H,2,5-10H2,1H3. The Morgan fingerprint density at radius 2 is 2.14 bits per heavy atom. The molecule has 1 aromatic rings. The van der Waals surface area contributed by atoms with E-state index in [4.69, 9.17) is 4.74 Å². The van der Waals surface area contributed by atoms with E-state index in [0.717, 1.165) is 37.9 Å². The van der Waals surface area contributed by atoms with Gasteiger partial charge in [0.05, 0.1) is 7.11 Å². The Labute approximate surface area is 133 Å². The number of methoxy groups -OCH3 is 1. The van der Waals surface area contributed by atoms with Gasteiger partial charge in [-0.05, 0) is 31.2 Å². The largest absolute Gasteiger partial charge is 0.494 e. The van der Waals surface area contributed by atoms with Crippen molar-refractivity contribution in [2.24, 2.45) is 0 Å². The van der Waals surface area contributed by atoms with Crippen LogP contribution < -0.4 is 4.74 Å². The fourth-order valence-corrected chi connectivity index (χ4v) is 2.99. The van der Waals surface area contributed by atoms with Crippen LogP contribution in [0, 0.1) is 5.82 Å². The quantitative estimate of drug-likeness (QED) is 0.774. The molecule has 0 spiro atoms. The highest BCUT2D eigenvalue weighted by molar-refractivity contribution is 9.09. The van der Waals surface area contributed by atoms with Crippen molar-refractivity contribution < 1.29 is 13.9 Å². The first kappa shape index (κ1) is 16.2. The van der Waals surface area contributed by atoms with Gasteiger partial charge in [-0.1, -0.05) is 15.9 Å². The summed E-state index contributed by atoms with van der Waals surface area (Å²) in [6.45, 7) is 4.30. The first-order chi connectivity index (χ1) is 10.2. The Morgan fingerprint density at radius 1 is 1.33 bits per heavy atom. The van der Waals surface area contributed by atoms with Crippen LogP contribution in [0.25, 0.3) is 0 Å². The lowest BCUT2D eigenvalue weighted by molar-refractivity contribution is 0.0761. The minimum atomic E-state index is -0.451. The average Bonchev–Trinajstić information content (AvgIpc) is 2.73. The molecule has 0 aliphatic carbocycles. The normalized spacial score (nSPS) is 16.6. The van der Waals surface area contributed by atoms with Gasteiger partial charge in [-0.15, -0.1) is 0 Å². The molecule has 1 aliphatic heterocycles. The number of alkyl halides is 1. The number of ether oxygens (including phenoxy) is 1. The van der Waals surface area contributed by atoms with Gasteiger partial charge in [0.15, 0.2) is 11.6 Å². The molecule has 21 heavy (non-hydrogen) atoms. The van der Waals surface area contributed by atoms with Crippen LogP contribution in [0.1, 0.15) is 16.8 Å². The molecule has 0 saturated carbocycles. The van der Waals surface area contributed by atoms with Gasteiger partial charge in [0.2, 0.25) is 0 Å². The summed E-state index contributed by atoms with van der Waals surface area (Å²) in [6, 6.07) is 4.27. The van der Waals surface area contributed by atoms with E-state index in [9.17, 15) is 9.18 Å². The van der Waals surface area contributed by atoms with Crippen molar-refractivity contribution in [3.05, 3.63) is 29.6 Å². The van der Waals surface area contributed by atoms with Crippen molar-refractivity contribution >= 4 is 21.8 Å². The smallest absolute Gasteiger partial charge is 0.254 e. The maximum atomic E-state index is 13.4. The zero-order valence-corrected chi connectivity index (χ0v) is 13.7.